The predicted octanol–water partition coefficient (Wildman–Crippen LogP) is 3.59. The highest BCUT2D eigenvalue weighted by Crippen LogP contribution is 2.33. The number of aryl methyl sites for hydroxylation is 1. The first-order valence-corrected chi connectivity index (χ1v) is 15.8. The van der Waals surface area contributed by atoms with E-state index in [-0.39, 0.29) is 30.6 Å². The van der Waals surface area contributed by atoms with Crippen molar-refractivity contribution in [1.82, 2.24) is 30.7 Å². The Bertz CT molecular complexity index is 1720. The second kappa shape index (κ2) is 15.9. The van der Waals surface area contributed by atoms with E-state index in [4.69, 9.17) is 24.1 Å². The lowest BCUT2D eigenvalue weighted by molar-refractivity contribution is -0.134. The molecule has 4 aromatic rings. The minimum atomic E-state index is -0.833. The van der Waals surface area contributed by atoms with Crippen molar-refractivity contribution in [2.75, 3.05) is 26.8 Å². The Balaban J connectivity index is 0.00000107. The number of aromatic nitrogens is 3. The number of likely N-dealkylation sites (tertiary alicyclic amines) is 1. The maximum Gasteiger partial charge on any atom is 0.300 e. The third kappa shape index (κ3) is 9.10. The molecule has 4 heterocycles. The average Bonchev–Trinajstić information content (AvgIpc) is 3.55. The number of carbonyl (C=O) groups is 3. The Hall–Kier alpha value is -5.43. The van der Waals surface area contributed by atoms with Gasteiger partial charge in [-0.3, -0.25) is 24.4 Å². The molecule has 3 aromatic carbocycles. The zero-order valence-corrected chi connectivity index (χ0v) is 27.2. The fourth-order valence-electron chi connectivity index (χ4n) is 5.54. The van der Waals surface area contributed by atoms with Crippen LogP contribution in [0.1, 0.15) is 47.8 Å². The van der Waals surface area contributed by atoms with Gasteiger partial charge in [0.15, 0.2) is 6.61 Å². The number of aliphatic carboxylic acids is 1. The largest absolute Gasteiger partial charge is 0.496 e. The van der Waals surface area contributed by atoms with Crippen LogP contribution in [0.2, 0.25) is 0 Å². The van der Waals surface area contributed by atoms with Crippen molar-refractivity contribution < 1.29 is 33.7 Å². The number of carboxylic acid groups (broad SMARTS) is 1. The minimum Gasteiger partial charge on any atom is -0.496 e. The van der Waals surface area contributed by atoms with Crippen molar-refractivity contribution in [3.63, 3.8) is 0 Å². The van der Waals surface area contributed by atoms with Gasteiger partial charge >= 0.3 is 0 Å². The number of H-pyrrole nitrogens is 1. The Morgan fingerprint density at radius 3 is 2.58 bits per heavy atom. The zero-order chi connectivity index (χ0) is 34.0. The summed E-state index contributed by atoms with van der Waals surface area (Å²) in [7, 11) is 1.59. The molecular weight excluding hydrogens is 616 g/mol. The van der Waals surface area contributed by atoms with Crippen LogP contribution in [0, 0.1) is 0 Å². The van der Waals surface area contributed by atoms with Gasteiger partial charge in [0.1, 0.15) is 35.0 Å². The summed E-state index contributed by atoms with van der Waals surface area (Å²) in [5.41, 5.74) is 2.96. The Morgan fingerprint density at radius 1 is 1.06 bits per heavy atom. The van der Waals surface area contributed by atoms with Crippen molar-refractivity contribution in [1.29, 1.82) is 0 Å². The lowest BCUT2D eigenvalue weighted by atomic mass is 9.99. The van der Waals surface area contributed by atoms with E-state index in [1.165, 1.54) is 0 Å². The molecule has 2 atom stereocenters. The van der Waals surface area contributed by atoms with Crippen molar-refractivity contribution >= 4 is 17.8 Å². The van der Waals surface area contributed by atoms with E-state index in [1.54, 1.807) is 25.3 Å². The summed E-state index contributed by atoms with van der Waals surface area (Å²) in [6.45, 7) is 5.29. The number of fused-ring (bicyclic) bond motifs is 7. The van der Waals surface area contributed by atoms with Gasteiger partial charge in [0.05, 0.1) is 19.7 Å². The van der Waals surface area contributed by atoms with Crippen LogP contribution in [0.15, 0.2) is 66.7 Å². The second-order valence-electron chi connectivity index (χ2n) is 11.5. The summed E-state index contributed by atoms with van der Waals surface area (Å²) in [5.74, 6) is 2.16. The lowest BCUT2D eigenvalue weighted by Gasteiger charge is -2.38. The molecular formula is C35H40N6O7. The van der Waals surface area contributed by atoms with Crippen LogP contribution < -0.4 is 24.8 Å². The Kier molecular flexibility index (Phi) is 11.2. The molecule has 252 valence electrons. The number of aromatic amines is 1. The van der Waals surface area contributed by atoms with Gasteiger partial charge in [-0.2, -0.15) is 5.10 Å². The number of methoxy groups -OCH3 is 1. The van der Waals surface area contributed by atoms with Crippen LogP contribution >= 0.6 is 0 Å². The highest BCUT2D eigenvalue weighted by atomic mass is 16.5. The smallest absolute Gasteiger partial charge is 0.300 e. The normalized spacial score (nSPS) is 18.1. The van der Waals surface area contributed by atoms with Crippen LogP contribution in [0.4, 0.5) is 0 Å². The number of carbonyl (C=O) groups excluding carboxylic acids is 2. The molecule has 0 saturated carbocycles. The van der Waals surface area contributed by atoms with Crippen LogP contribution in [-0.4, -0.2) is 81.9 Å². The molecule has 3 aliphatic heterocycles. The molecule has 4 N–H and O–H groups in total. The maximum absolute atomic E-state index is 13.8. The molecule has 1 fully saturated rings. The van der Waals surface area contributed by atoms with Gasteiger partial charge in [0.2, 0.25) is 0 Å². The summed E-state index contributed by atoms with van der Waals surface area (Å²) in [4.78, 5) is 42.1. The number of benzene rings is 3. The van der Waals surface area contributed by atoms with Gasteiger partial charge in [0, 0.05) is 44.1 Å². The summed E-state index contributed by atoms with van der Waals surface area (Å²) in [5, 5.41) is 20.9. The number of nitrogens with one attached hydrogen (secondary N) is 3. The van der Waals surface area contributed by atoms with E-state index in [0.29, 0.717) is 48.9 Å². The van der Waals surface area contributed by atoms with Crippen molar-refractivity contribution in [2.45, 2.75) is 51.9 Å². The first-order chi connectivity index (χ1) is 23.2. The molecule has 1 aromatic heterocycles. The summed E-state index contributed by atoms with van der Waals surface area (Å²) in [6, 6.07) is 20.1. The van der Waals surface area contributed by atoms with Gasteiger partial charge in [0.25, 0.3) is 17.8 Å². The molecule has 3 aliphatic rings. The Morgan fingerprint density at radius 2 is 1.85 bits per heavy atom. The first kappa shape index (κ1) is 33.9. The third-order valence-electron chi connectivity index (χ3n) is 7.89. The topological polar surface area (TPSA) is 168 Å². The van der Waals surface area contributed by atoms with E-state index >= 15 is 0 Å². The SMILES string of the molecule is CC(=O)O.CCc1n[nH]c(CN2CC[C@H]3Oc4ccc(cc4)CNC(=O)COc4cccc(c4)-c4cc(ccc4OC)C(=O)N[C@@H]3C2)n1. The number of piperidine rings is 1. The number of hydrogen-bond acceptors (Lipinski definition) is 9. The van der Waals surface area contributed by atoms with Crippen molar-refractivity contribution in [3.05, 3.63) is 89.5 Å². The standard InChI is InChI=1S/C33H36N6O5.C2H4O2/c1-3-30-36-31(38-37-30)19-39-14-13-29-27(18-39)35-33(41)23-9-12-28(42-2)26(16-23)22-5-4-6-25(15-22)43-20-32(40)34-17-21-7-10-24(44-29)11-8-21;1-2(3)4/h4-12,15-16,27,29H,3,13-14,17-20H2,1-2H3,(H,34,40)(H,35,41)(H,36,37,38);1H3,(H,3,4)/t27-,29-;/m1./s1. The number of amides is 2. The van der Waals surface area contributed by atoms with Crippen LogP contribution in [0.3, 0.4) is 0 Å². The maximum atomic E-state index is 13.8. The molecule has 6 bridgehead atoms. The van der Waals surface area contributed by atoms with Gasteiger partial charge in [-0.25, -0.2) is 4.98 Å². The van der Waals surface area contributed by atoms with E-state index in [0.717, 1.165) is 48.2 Å². The fraction of sp³-hybridized carbons (Fsp3) is 0.343. The molecule has 13 heteroatoms. The monoisotopic (exact) mass is 656 g/mol. The molecule has 0 unspecified atom stereocenters. The highest BCUT2D eigenvalue weighted by Gasteiger charge is 2.33. The molecule has 0 aliphatic carbocycles. The third-order valence-corrected chi connectivity index (χ3v) is 7.89. The molecule has 7 rings (SSSR count). The highest BCUT2D eigenvalue weighted by molar-refractivity contribution is 5.96. The van der Waals surface area contributed by atoms with Crippen LogP contribution in [0.5, 0.6) is 17.2 Å². The van der Waals surface area contributed by atoms with Crippen molar-refractivity contribution in [2.24, 2.45) is 0 Å². The Labute approximate surface area is 278 Å². The van der Waals surface area contributed by atoms with Crippen molar-refractivity contribution in [3.8, 4) is 28.4 Å². The molecule has 13 nitrogen and oxygen atoms in total. The number of rotatable bonds is 4. The fourth-order valence-corrected chi connectivity index (χ4v) is 5.54. The van der Waals surface area contributed by atoms with Gasteiger partial charge < -0.3 is 30.0 Å². The minimum absolute atomic E-state index is 0.124. The van der Waals surface area contributed by atoms with Crippen LogP contribution in [0.25, 0.3) is 11.1 Å². The average molecular weight is 657 g/mol. The molecule has 0 radical (unpaired) electrons. The summed E-state index contributed by atoms with van der Waals surface area (Å²) in [6.07, 6.45) is 1.22. The van der Waals surface area contributed by atoms with E-state index in [1.807, 2.05) is 55.5 Å². The van der Waals surface area contributed by atoms with E-state index < -0.39 is 5.97 Å². The number of hydrogen-bond donors (Lipinski definition) is 4. The van der Waals surface area contributed by atoms with Gasteiger partial charge in [-0.15, -0.1) is 0 Å². The molecule has 2 amide bonds. The second-order valence-corrected chi connectivity index (χ2v) is 11.5. The zero-order valence-electron chi connectivity index (χ0n) is 27.2. The van der Waals surface area contributed by atoms with E-state index in [2.05, 4.69) is 30.7 Å². The first-order valence-electron chi connectivity index (χ1n) is 15.8. The van der Waals surface area contributed by atoms with Crippen LogP contribution in [-0.2, 0) is 29.1 Å². The van der Waals surface area contributed by atoms with Gasteiger partial charge in [-0.05, 0) is 60.0 Å². The van der Waals surface area contributed by atoms with Gasteiger partial charge in [-0.1, -0.05) is 31.2 Å². The number of carboxylic acids is 1. The summed E-state index contributed by atoms with van der Waals surface area (Å²) < 4.78 is 17.9. The summed E-state index contributed by atoms with van der Waals surface area (Å²) >= 11 is 0. The predicted molar refractivity (Wildman–Crippen MR) is 177 cm³/mol. The number of ether oxygens (including phenoxy) is 3. The molecule has 48 heavy (non-hydrogen) atoms. The van der Waals surface area contributed by atoms with E-state index in [9.17, 15) is 9.59 Å². The quantitative estimate of drug-likeness (QED) is 0.255. The molecule has 1 saturated heterocycles. The number of nitrogens with zero attached hydrogens (tertiary/aromatic N) is 3. The lowest BCUT2D eigenvalue weighted by Crippen LogP contribution is -2.56. The molecule has 0 spiro atoms.